The van der Waals surface area contributed by atoms with Crippen LogP contribution in [0.3, 0.4) is 0 Å². The van der Waals surface area contributed by atoms with Crippen LogP contribution >= 0.6 is 0 Å². The number of fused-ring (bicyclic) bond motifs is 1. The molecule has 0 saturated heterocycles. The van der Waals surface area contributed by atoms with E-state index in [-0.39, 0.29) is 28.8 Å². The number of benzene rings is 3. The lowest BCUT2D eigenvalue weighted by Gasteiger charge is -2.22. The molecule has 1 aromatic heterocycles. The van der Waals surface area contributed by atoms with Crippen molar-refractivity contribution < 1.29 is 36.7 Å². The average Bonchev–Trinajstić information content (AvgIpc) is 3.33. The van der Waals surface area contributed by atoms with Crippen LogP contribution in [0.4, 0.5) is 23.2 Å². The number of para-hydroxylation sites is 1. The van der Waals surface area contributed by atoms with E-state index in [4.69, 9.17) is 4.74 Å². The maximum absolute atomic E-state index is 14.1. The molecule has 4 aromatic rings. The first-order valence-electron chi connectivity index (χ1n) is 12.1. The van der Waals surface area contributed by atoms with Gasteiger partial charge in [0.1, 0.15) is 36.1 Å². The number of carbonyl (C=O) groups excluding carboxylic acids is 3. The smallest absolute Gasteiger partial charge is 0.271 e. The summed E-state index contributed by atoms with van der Waals surface area (Å²) in [6, 6.07) is 12.6. The molecule has 1 heterocycles. The maximum atomic E-state index is 14.1. The zero-order valence-electron chi connectivity index (χ0n) is 21.4. The van der Waals surface area contributed by atoms with Gasteiger partial charge in [0, 0.05) is 29.2 Å². The number of hydrogen-bond acceptors (Lipinski definition) is 4. The average molecular weight is 557 g/mol. The second-order valence-electron chi connectivity index (χ2n) is 9.15. The minimum Gasteiger partial charge on any atom is -0.457 e. The van der Waals surface area contributed by atoms with Crippen LogP contribution in [0.2, 0.25) is 0 Å². The van der Waals surface area contributed by atoms with Crippen LogP contribution in [0, 0.1) is 23.3 Å². The molecule has 12 heteroatoms. The number of H-pyrrole nitrogens is 1. The largest absolute Gasteiger partial charge is 0.457 e. The first kappa shape index (κ1) is 28.1. The van der Waals surface area contributed by atoms with Gasteiger partial charge in [-0.2, -0.15) is 0 Å². The number of amides is 3. The molecule has 3 aromatic carbocycles. The van der Waals surface area contributed by atoms with E-state index in [1.54, 1.807) is 19.9 Å². The number of aromatic nitrogens is 1. The van der Waals surface area contributed by atoms with Crippen molar-refractivity contribution in [1.82, 2.24) is 15.2 Å². The molecular formula is C28H24F4N4O4. The summed E-state index contributed by atoms with van der Waals surface area (Å²) in [7, 11) is 0. The van der Waals surface area contributed by atoms with Crippen molar-refractivity contribution >= 4 is 34.3 Å². The van der Waals surface area contributed by atoms with Gasteiger partial charge in [0.25, 0.3) is 5.91 Å². The molecule has 40 heavy (non-hydrogen) atoms. The summed E-state index contributed by atoms with van der Waals surface area (Å²) in [6.45, 7) is 2.55. The molecule has 0 radical (unpaired) electrons. The van der Waals surface area contributed by atoms with Gasteiger partial charge < -0.3 is 25.3 Å². The van der Waals surface area contributed by atoms with E-state index >= 15 is 0 Å². The first-order valence-corrected chi connectivity index (χ1v) is 12.1. The number of nitrogens with one attached hydrogen (secondary N) is 3. The highest BCUT2D eigenvalue weighted by molar-refractivity contribution is 6.02. The maximum Gasteiger partial charge on any atom is 0.271 e. The monoisotopic (exact) mass is 556 g/mol. The Bertz CT molecular complexity index is 1550. The fraction of sp³-hybridized carbons (Fsp3) is 0.179. The number of carbonyl (C=O) groups is 3. The van der Waals surface area contributed by atoms with Gasteiger partial charge in [-0.05, 0) is 50.2 Å². The Hall–Kier alpha value is -4.87. The lowest BCUT2D eigenvalue weighted by atomic mass is 10.2. The molecule has 0 saturated carbocycles. The van der Waals surface area contributed by atoms with E-state index in [0.717, 1.165) is 4.90 Å². The normalized spacial score (nSPS) is 11.0. The molecule has 8 nitrogen and oxygen atoms in total. The minimum absolute atomic E-state index is 0.000385. The molecule has 0 atom stereocenters. The Morgan fingerprint density at radius 1 is 0.850 bits per heavy atom. The summed E-state index contributed by atoms with van der Waals surface area (Å²) in [5, 5.41) is 5.70. The number of anilines is 1. The van der Waals surface area contributed by atoms with Crippen molar-refractivity contribution in [3.63, 3.8) is 0 Å². The van der Waals surface area contributed by atoms with E-state index in [1.807, 2.05) is 0 Å². The van der Waals surface area contributed by atoms with Crippen molar-refractivity contribution in [3.8, 4) is 11.5 Å². The van der Waals surface area contributed by atoms with Crippen molar-refractivity contribution in [1.29, 1.82) is 0 Å². The standard InChI is InChI=1S/C28H24F4N4O4/c1-15(2)33-24(37)13-36(28(39)23-10-16-4-3-5-20(29)27(16)35-23)14-25(38)34-17-6-8-18(9-7-17)40-19-11-21(30)26(32)22(31)12-19/h3-12,15,35H,13-14H2,1-2H3,(H,33,37)(H,34,38). The van der Waals surface area contributed by atoms with Gasteiger partial charge in [0.2, 0.25) is 11.8 Å². The summed E-state index contributed by atoms with van der Waals surface area (Å²) in [6.07, 6.45) is 0. The molecule has 0 aliphatic heterocycles. The second-order valence-corrected chi connectivity index (χ2v) is 9.15. The summed E-state index contributed by atoms with van der Waals surface area (Å²) >= 11 is 0. The van der Waals surface area contributed by atoms with Crippen molar-refractivity contribution in [3.05, 3.63) is 89.6 Å². The topological polar surface area (TPSA) is 104 Å². The fourth-order valence-electron chi connectivity index (χ4n) is 3.85. The van der Waals surface area contributed by atoms with Crippen LogP contribution in [0.15, 0.2) is 60.7 Å². The van der Waals surface area contributed by atoms with Gasteiger partial charge in [-0.25, -0.2) is 17.6 Å². The minimum atomic E-state index is -1.61. The van der Waals surface area contributed by atoms with Crippen molar-refractivity contribution in [2.24, 2.45) is 0 Å². The third kappa shape index (κ3) is 6.76. The highest BCUT2D eigenvalue weighted by Gasteiger charge is 2.24. The molecule has 208 valence electrons. The van der Waals surface area contributed by atoms with Crippen LogP contribution in [-0.4, -0.2) is 46.7 Å². The van der Waals surface area contributed by atoms with Gasteiger partial charge in [0.15, 0.2) is 17.5 Å². The molecular weight excluding hydrogens is 532 g/mol. The first-order chi connectivity index (χ1) is 19.0. The lowest BCUT2D eigenvalue weighted by molar-refractivity contribution is -0.123. The molecule has 0 spiro atoms. The summed E-state index contributed by atoms with van der Waals surface area (Å²) in [5.74, 6) is -6.91. The van der Waals surface area contributed by atoms with Gasteiger partial charge >= 0.3 is 0 Å². The van der Waals surface area contributed by atoms with Crippen LogP contribution in [0.1, 0.15) is 24.3 Å². The van der Waals surface area contributed by atoms with E-state index in [9.17, 15) is 31.9 Å². The molecule has 3 N–H and O–H groups in total. The van der Waals surface area contributed by atoms with Crippen LogP contribution in [0.5, 0.6) is 11.5 Å². The second kappa shape index (κ2) is 11.9. The van der Waals surface area contributed by atoms with Crippen LogP contribution < -0.4 is 15.4 Å². The summed E-state index contributed by atoms with van der Waals surface area (Å²) < 4.78 is 59.4. The van der Waals surface area contributed by atoms with E-state index < -0.39 is 54.1 Å². The SMILES string of the molecule is CC(C)NC(=O)CN(CC(=O)Nc1ccc(Oc2cc(F)c(F)c(F)c2)cc1)C(=O)c1cc2cccc(F)c2[nH]1. The van der Waals surface area contributed by atoms with Gasteiger partial charge in [-0.1, -0.05) is 12.1 Å². The van der Waals surface area contributed by atoms with E-state index in [2.05, 4.69) is 15.6 Å². The molecule has 4 rings (SSSR count). The molecule has 0 bridgehead atoms. The van der Waals surface area contributed by atoms with E-state index in [0.29, 0.717) is 23.2 Å². The Kier molecular flexibility index (Phi) is 8.37. The predicted molar refractivity (Wildman–Crippen MR) is 139 cm³/mol. The van der Waals surface area contributed by atoms with Gasteiger partial charge in [0.05, 0.1) is 5.52 Å². The third-order valence-corrected chi connectivity index (χ3v) is 5.57. The number of rotatable bonds is 9. The van der Waals surface area contributed by atoms with Crippen LogP contribution in [-0.2, 0) is 9.59 Å². The number of aromatic amines is 1. The Balaban J connectivity index is 1.46. The highest BCUT2D eigenvalue weighted by atomic mass is 19.2. The number of nitrogens with zero attached hydrogens (tertiary/aromatic N) is 1. The van der Waals surface area contributed by atoms with E-state index in [1.165, 1.54) is 42.5 Å². The van der Waals surface area contributed by atoms with Crippen LogP contribution in [0.25, 0.3) is 10.9 Å². The number of hydrogen-bond donors (Lipinski definition) is 3. The third-order valence-electron chi connectivity index (χ3n) is 5.57. The van der Waals surface area contributed by atoms with Gasteiger partial charge in [-0.3, -0.25) is 14.4 Å². The molecule has 0 aliphatic rings. The molecule has 3 amide bonds. The number of ether oxygens (including phenoxy) is 1. The molecule has 0 fully saturated rings. The van der Waals surface area contributed by atoms with Crippen molar-refractivity contribution in [2.75, 3.05) is 18.4 Å². The number of halogens is 4. The summed E-state index contributed by atoms with van der Waals surface area (Å²) in [5.41, 5.74) is 0.413. The fourth-order valence-corrected chi connectivity index (χ4v) is 3.85. The Labute approximate surface area is 225 Å². The predicted octanol–water partition coefficient (Wildman–Crippen LogP) is 5.12. The zero-order chi connectivity index (χ0) is 29.0. The lowest BCUT2D eigenvalue weighted by Crippen LogP contribution is -2.45. The molecule has 0 aliphatic carbocycles. The molecule has 0 unspecified atom stereocenters. The quantitative estimate of drug-likeness (QED) is 0.197. The highest BCUT2D eigenvalue weighted by Crippen LogP contribution is 2.26. The Morgan fingerprint density at radius 3 is 2.12 bits per heavy atom. The van der Waals surface area contributed by atoms with Gasteiger partial charge in [-0.15, -0.1) is 0 Å². The zero-order valence-corrected chi connectivity index (χ0v) is 21.4. The Morgan fingerprint density at radius 2 is 1.50 bits per heavy atom. The summed E-state index contributed by atoms with van der Waals surface area (Å²) in [4.78, 5) is 42.2. The van der Waals surface area contributed by atoms with Crippen molar-refractivity contribution in [2.45, 2.75) is 19.9 Å².